The summed E-state index contributed by atoms with van der Waals surface area (Å²) in [7, 11) is 0. The molecule has 1 aromatic heterocycles. The molecule has 1 aliphatic heterocycles. The average molecular weight is 621 g/mol. The molecule has 3 nitrogen and oxygen atoms in total. The monoisotopic (exact) mass is 620 g/mol. The molecule has 4 heteroatoms. The van der Waals surface area contributed by atoms with Crippen LogP contribution in [0.15, 0.2) is 132 Å². The highest BCUT2D eigenvalue weighted by Crippen LogP contribution is 2.47. The minimum Gasteiger partial charge on any atom is -0.437 e. The number of aromatic nitrogens is 1. The number of aliphatic imine (C=N–C) groups is 1. The molecule has 5 aromatic carbocycles. The summed E-state index contributed by atoms with van der Waals surface area (Å²) in [6, 6.07) is 44.4. The molecule has 0 aliphatic carbocycles. The Morgan fingerprint density at radius 1 is 0.761 bits per heavy atom. The molecule has 0 atom stereocenters. The van der Waals surface area contributed by atoms with Crippen molar-refractivity contribution in [2.45, 2.75) is 46.2 Å². The van der Waals surface area contributed by atoms with E-state index in [2.05, 4.69) is 122 Å². The maximum absolute atomic E-state index is 6.95. The number of hydrogen-bond acceptors (Lipinski definition) is 2. The molecule has 2 heterocycles. The van der Waals surface area contributed by atoms with Gasteiger partial charge in [0, 0.05) is 39.2 Å². The Morgan fingerprint density at radius 2 is 1.46 bits per heavy atom. The van der Waals surface area contributed by atoms with Crippen molar-refractivity contribution in [1.29, 1.82) is 0 Å². The fourth-order valence-corrected chi connectivity index (χ4v) is 6.74. The molecule has 0 fully saturated rings. The van der Waals surface area contributed by atoms with E-state index in [1.807, 2.05) is 24.3 Å². The number of benzene rings is 5. The van der Waals surface area contributed by atoms with Gasteiger partial charge in [0.1, 0.15) is 5.76 Å². The summed E-state index contributed by atoms with van der Waals surface area (Å²) in [6.45, 7) is 5.87. The summed E-state index contributed by atoms with van der Waals surface area (Å²) in [5.74, 6) is 1.48. The highest BCUT2D eigenvalue weighted by molar-refractivity contribution is 6.31. The van der Waals surface area contributed by atoms with E-state index in [-0.39, 0.29) is 0 Å². The highest BCUT2D eigenvalue weighted by Gasteiger charge is 2.32. The molecule has 1 aliphatic rings. The van der Waals surface area contributed by atoms with Crippen molar-refractivity contribution in [3.05, 3.63) is 166 Å². The molecule has 228 valence electrons. The van der Waals surface area contributed by atoms with Crippen LogP contribution in [0.25, 0.3) is 33.5 Å². The first-order chi connectivity index (χ1) is 22.6. The van der Waals surface area contributed by atoms with Crippen LogP contribution in [-0.2, 0) is 17.8 Å². The molecule has 0 saturated carbocycles. The Kier molecular flexibility index (Phi) is 8.59. The Labute approximate surface area is 276 Å². The van der Waals surface area contributed by atoms with Gasteiger partial charge in [0.05, 0.1) is 17.8 Å². The van der Waals surface area contributed by atoms with E-state index < -0.39 is 0 Å². The summed E-state index contributed by atoms with van der Waals surface area (Å²) < 4.78 is 9.42. The van der Waals surface area contributed by atoms with Crippen LogP contribution in [0.2, 0.25) is 5.02 Å². The minimum atomic E-state index is 0.544. The van der Waals surface area contributed by atoms with Crippen LogP contribution in [0.1, 0.15) is 59.6 Å². The second kappa shape index (κ2) is 13.2. The van der Waals surface area contributed by atoms with Crippen LogP contribution in [0.4, 0.5) is 0 Å². The lowest BCUT2D eigenvalue weighted by Crippen LogP contribution is -2.03. The van der Waals surface area contributed by atoms with Gasteiger partial charge in [-0.3, -0.25) is 0 Å². The molecule has 0 saturated heterocycles. The SMILES string of the molecule is CCCCCn1c(-c2ccccc2)c(/C(=C2/OC(=NCc3ccccc3)c3ccccc32)c2ccccc2C)c2ccc(Cl)cc21. The van der Waals surface area contributed by atoms with Crippen molar-refractivity contribution in [3.8, 4) is 11.3 Å². The highest BCUT2D eigenvalue weighted by atomic mass is 35.5. The predicted molar refractivity (Wildman–Crippen MR) is 193 cm³/mol. The standard InChI is InChI=1S/C42H37ClN2O/c1-3-4-15-26-45-37-27-32(43)24-25-36(37)38(40(45)31-19-9-6-10-20-31)39(33-21-12-11-16-29(33)2)41-34-22-13-14-23-35(34)42(46-41)44-28-30-17-7-5-8-18-30/h5-14,16-25,27H,3-4,15,26,28H2,1-2H3/b41-39+,44-42?. The molecule has 0 unspecified atom stereocenters. The van der Waals surface area contributed by atoms with Gasteiger partial charge in [-0.2, -0.15) is 0 Å². The molecule has 7 rings (SSSR count). The van der Waals surface area contributed by atoms with Gasteiger partial charge in [0.15, 0.2) is 0 Å². The Bertz CT molecular complexity index is 2070. The van der Waals surface area contributed by atoms with Crippen LogP contribution < -0.4 is 0 Å². The third-order valence-electron chi connectivity index (χ3n) is 8.80. The molecule has 6 aromatic rings. The number of rotatable bonds is 9. The molecule has 0 bridgehead atoms. The van der Waals surface area contributed by atoms with E-state index in [1.54, 1.807) is 0 Å². The zero-order valence-electron chi connectivity index (χ0n) is 26.3. The van der Waals surface area contributed by atoms with Crippen LogP contribution >= 0.6 is 11.6 Å². The van der Waals surface area contributed by atoms with Crippen LogP contribution in [-0.4, -0.2) is 10.5 Å². The molecule has 0 N–H and O–H groups in total. The summed E-state index contributed by atoms with van der Waals surface area (Å²) in [4.78, 5) is 5.02. The maximum atomic E-state index is 6.95. The number of hydrogen-bond donors (Lipinski definition) is 0. The van der Waals surface area contributed by atoms with Gasteiger partial charge < -0.3 is 9.30 Å². The summed E-state index contributed by atoms with van der Waals surface area (Å²) >= 11 is 6.71. The third-order valence-corrected chi connectivity index (χ3v) is 9.03. The number of ether oxygens (including phenoxy) is 1. The first kappa shape index (κ1) is 29.8. The second-order valence-electron chi connectivity index (χ2n) is 11.9. The molecule has 0 spiro atoms. The van der Waals surface area contributed by atoms with E-state index in [1.165, 1.54) is 11.3 Å². The van der Waals surface area contributed by atoms with Gasteiger partial charge >= 0.3 is 0 Å². The number of aryl methyl sites for hydroxylation is 2. The van der Waals surface area contributed by atoms with Crippen molar-refractivity contribution in [1.82, 2.24) is 4.57 Å². The van der Waals surface area contributed by atoms with Crippen molar-refractivity contribution < 1.29 is 4.74 Å². The zero-order chi connectivity index (χ0) is 31.5. The molecular formula is C42H37ClN2O. The topological polar surface area (TPSA) is 26.5 Å². The van der Waals surface area contributed by atoms with Gasteiger partial charge in [-0.1, -0.05) is 141 Å². The maximum Gasteiger partial charge on any atom is 0.223 e. The summed E-state index contributed by atoms with van der Waals surface area (Å²) in [6.07, 6.45) is 3.40. The Hall–Kier alpha value is -4.86. The minimum absolute atomic E-state index is 0.544. The number of fused-ring (bicyclic) bond motifs is 2. The quantitative estimate of drug-likeness (QED) is 0.148. The van der Waals surface area contributed by atoms with E-state index in [4.69, 9.17) is 21.3 Å². The van der Waals surface area contributed by atoms with Crippen molar-refractivity contribution in [3.63, 3.8) is 0 Å². The van der Waals surface area contributed by atoms with Gasteiger partial charge in [-0.15, -0.1) is 0 Å². The summed E-state index contributed by atoms with van der Waals surface area (Å²) in [5, 5.41) is 1.89. The lowest BCUT2D eigenvalue weighted by atomic mass is 9.88. The van der Waals surface area contributed by atoms with E-state index in [0.29, 0.717) is 12.4 Å². The molecule has 0 radical (unpaired) electrons. The Morgan fingerprint density at radius 3 is 2.22 bits per heavy atom. The summed E-state index contributed by atoms with van der Waals surface area (Å²) in [5.41, 5.74) is 11.2. The van der Waals surface area contributed by atoms with Crippen LogP contribution in [0.5, 0.6) is 0 Å². The van der Waals surface area contributed by atoms with Crippen molar-refractivity contribution in [2.24, 2.45) is 4.99 Å². The van der Waals surface area contributed by atoms with Crippen LogP contribution in [0.3, 0.4) is 0 Å². The lowest BCUT2D eigenvalue weighted by molar-refractivity contribution is 0.523. The lowest BCUT2D eigenvalue weighted by Gasteiger charge is -2.18. The first-order valence-corrected chi connectivity index (χ1v) is 16.6. The normalized spacial score (nSPS) is 14.5. The third kappa shape index (κ3) is 5.68. The van der Waals surface area contributed by atoms with Gasteiger partial charge in [-0.25, -0.2) is 4.99 Å². The van der Waals surface area contributed by atoms with Crippen molar-refractivity contribution >= 4 is 39.7 Å². The van der Waals surface area contributed by atoms with Gasteiger partial charge in [0.2, 0.25) is 5.90 Å². The molecule has 46 heavy (non-hydrogen) atoms. The second-order valence-corrected chi connectivity index (χ2v) is 12.3. The fraction of sp³-hybridized carbons (Fsp3) is 0.167. The van der Waals surface area contributed by atoms with E-state index in [9.17, 15) is 0 Å². The smallest absolute Gasteiger partial charge is 0.223 e. The zero-order valence-corrected chi connectivity index (χ0v) is 27.1. The Balaban J connectivity index is 1.56. The first-order valence-electron chi connectivity index (χ1n) is 16.2. The fourth-order valence-electron chi connectivity index (χ4n) is 6.57. The van der Waals surface area contributed by atoms with Gasteiger partial charge in [0.25, 0.3) is 0 Å². The average Bonchev–Trinajstić information content (AvgIpc) is 3.61. The predicted octanol–water partition coefficient (Wildman–Crippen LogP) is 11.4. The largest absolute Gasteiger partial charge is 0.437 e. The molecule has 0 amide bonds. The van der Waals surface area contributed by atoms with Crippen molar-refractivity contribution in [2.75, 3.05) is 0 Å². The number of nitrogens with zero attached hydrogens (tertiary/aromatic N) is 2. The number of unbranched alkanes of at least 4 members (excludes halogenated alkanes) is 2. The van der Waals surface area contributed by atoms with Crippen LogP contribution in [0, 0.1) is 6.92 Å². The molecular weight excluding hydrogens is 584 g/mol. The van der Waals surface area contributed by atoms with E-state index in [0.717, 1.165) is 86.4 Å². The van der Waals surface area contributed by atoms with E-state index >= 15 is 0 Å². The number of halogens is 1. The van der Waals surface area contributed by atoms with Gasteiger partial charge in [-0.05, 0) is 53.8 Å².